The fourth-order valence-corrected chi connectivity index (χ4v) is 2.42. The lowest BCUT2D eigenvalue weighted by atomic mass is 10.1. The standard InChI is InChI=1S/C9H8ClO5P/c10-6-4-7(11)9-5(6)2-1-3-8(9)15-16(12,13)14/h1-3,6H,4H2,(H2,12,13,14). The molecule has 16 heavy (non-hydrogen) atoms. The molecule has 0 aromatic heterocycles. The van der Waals surface area contributed by atoms with Crippen LogP contribution in [-0.2, 0) is 4.57 Å². The lowest BCUT2D eigenvalue weighted by molar-refractivity contribution is 0.0992. The molecule has 0 amide bonds. The van der Waals surface area contributed by atoms with Crippen molar-refractivity contribution in [2.24, 2.45) is 0 Å². The molecule has 0 bridgehead atoms. The van der Waals surface area contributed by atoms with E-state index in [1.807, 2.05) is 0 Å². The molecule has 1 aliphatic rings. The largest absolute Gasteiger partial charge is 0.524 e. The minimum absolute atomic E-state index is 0.112. The van der Waals surface area contributed by atoms with Gasteiger partial charge in [-0.3, -0.25) is 14.6 Å². The molecule has 1 atom stereocenters. The van der Waals surface area contributed by atoms with Crippen molar-refractivity contribution in [3.63, 3.8) is 0 Å². The molecular formula is C9H8ClO5P. The number of benzene rings is 1. The first kappa shape index (κ1) is 11.6. The first-order valence-corrected chi connectivity index (χ1v) is 6.40. The molecule has 86 valence electrons. The number of Topliss-reactive ketones (excluding diaryl/α,β-unsaturated/α-hetero) is 1. The SMILES string of the molecule is O=C1CC(Cl)c2cccc(OP(=O)(O)O)c21. The molecule has 0 fully saturated rings. The first-order chi connectivity index (χ1) is 7.38. The normalized spacial score (nSPS) is 19.7. The van der Waals surface area contributed by atoms with Crippen molar-refractivity contribution in [3.8, 4) is 5.75 Å². The van der Waals surface area contributed by atoms with Crippen molar-refractivity contribution in [1.29, 1.82) is 0 Å². The van der Waals surface area contributed by atoms with Gasteiger partial charge in [-0.05, 0) is 11.6 Å². The fraction of sp³-hybridized carbons (Fsp3) is 0.222. The van der Waals surface area contributed by atoms with Crippen molar-refractivity contribution in [2.75, 3.05) is 0 Å². The first-order valence-electron chi connectivity index (χ1n) is 4.44. The van der Waals surface area contributed by atoms with Crippen LogP contribution in [0.15, 0.2) is 18.2 Å². The summed E-state index contributed by atoms with van der Waals surface area (Å²) in [4.78, 5) is 29.0. The Labute approximate surface area is 96.2 Å². The highest BCUT2D eigenvalue weighted by atomic mass is 35.5. The summed E-state index contributed by atoms with van der Waals surface area (Å²) in [7, 11) is -4.66. The summed E-state index contributed by atoms with van der Waals surface area (Å²) in [5.74, 6) is -0.377. The summed E-state index contributed by atoms with van der Waals surface area (Å²) in [5.41, 5.74) is 0.725. The van der Waals surface area contributed by atoms with E-state index in [-0.39, 0.29) is 23.5 Å². The van der Waals surface area contributed by atoms with Crippen molar-refractivity contribution in [3.05, 3.63) is 29.3 Å². The van der Waals surface area contributed by atoms with Gasteiger partial charge in [0, 0.05) is 6.42 Å². The Morgan fingerprint density at radius 2 is 2.12 bits per heavy atom. The van der Waals surface area contributed by atoms with Gasteiger partial charge in [0.25, 0.3) is 0 Å². The number of alkyl halides is 1. The molecule has 1 aliphatic carbocycles. The molecule has 0 spiro atoms. The van der Waals surface area contributed by atoms with Gasteiger partial charge in [-0.25, -0.2) is 4.57 Å². The van der Waals surface area contributed by atoms with E-state index in [1.165, 1.54) is 12.1 Å². The maximum atomic E-state index is 11.6. The van der Waals surface area contributed by atoms with Gasteiger partial charge in [-0.1, -0.05) is 12.1 Å². The number of carbonyl (C=O) groups excluding carboxylic acids is 1. The Morgan fingerprint density at radius 1 is 1.44 bits per heavy atom. The van der Waals surface area contributed by atoms with Gasteiger partial charge >= 0.3 is 7.82 Å². The third kappa shape index (κ3) is 2.13. The summed E-state index contributed by atoms with van der Waals surface area (Å²) >= 11 is 5.91. The van der Waals surface area contributed by atoms with E-state index in [9.17, 15) is 9.36 Å². The Balaban J connectivity index is 2.50. The van der Waals surface area contributed by atoms with Gasteiger partial charge in [0.05, 0.1) is 10.9 Å². The van der Waals surface area contributed by atoms with Gasteiger partial charge in [0.2, 0.25) is 0 Å². The number of phosphoric ester groups is 1. The number of carbonyl (C=O) groups is 1. The van der Waals surface area contributed by atoms with Crippen molar-refractivity contribution < 1.29 is 23.7 Å². The van der Waals surface area contributed by atoms with Crippen LogP contribution >= 0.6 is 19.4 Å². The van der Waals surface area contributed by atoms with Gasteiger partial charge in [-0.15, -0.1) is 11.6 Å². The molecule has 7 heteroatoms. The second kappa shape index (κ2) is 3.86. The van der Waals surface area contributed by atoms with Crippen LogP contribution in [0.25, 0.3) is 0 Å². The molecule has 1 unspecified atom stereocenters. The van der Waals surface area contributed by atoms with Crippen LogP contribution in [0.2, 0.25) is 0 Å². The molecule has 5 nitrogen and oxygen atoms in total. The molecule has 0 saturated heterocycles. The van der Waals surface area contributed by atoms with Crippen LogP contribution in [0.1, 0.15) is 27.7 Å². The molecule has 1 aromatic rings. The van der Waals surface area contributed by atoms with Crippen LogP contribution in [0.3, 0.4) is 0 Å². The number of rotatable bonds is 2. The van der Waals surface area contributed by atoms with Crippen LogP contribution in [0.5, 0.6) is 5.75 Å². The van der Waals surface area contributed by atoms with E-state index in [2.05, 4.69) is 4.52 Å². The molecule has 0 saturated carbocycles. The van der Waals surface area contributed by atoms with Gasteiger partial charge < -0.3 is 4.52 Å². The molecular weight excluding hydrogens is 255 g/mol. The van der Waals surface area contributed by atoms with Gasteiger partial charge in [0.15, 0.2) is 5.78 Å². The molecule has 2 rings (SSSR count). The third-order valence-corrected chi connectivity index (χ3v) is 3.08. The Bertz CT molecular complexity index is 495. The highest BCUT2D eigenvalue weighted by Crippen LogP contribution is 2.45. The number of phosphoric acid groups is 1. The number of halogens is 1. The predicted molar refractivity (Wildman–Crippen MR) is 56.7 cm³/mol. The van der Waals surface area contributed by atoms with Crippen molar-refractivity contribution in [2.45, 2.75) is 11.8 Å². The lowest BCUT2D eigenvalue weighted by Crippen LogP contribution is -1.98. The van der Waals surface area contributed by atoms with E-state index in [0.717, 1.165) is 0 Å². The zero-order valence-corrected chi connectivity index (χ0v) is 9.61. The highest BCUT2D eigenvalue weighted by molar-refractivity contribution is 7.46. The fourth-order valence-electron chi connectivity index (χ4n) is 1.69. The van der Waals surface area contributed by atoms with E-state index in [4.69, 9.17) is 21.4 Å². The van der Waals surface area contributed by atoms with Crippen molar-refractivity contribution in [1.82, 2.24) is 0 Å². The number of ketones is 1. The zero-order valence-electron chi connectivity index (χ0n) is 7.96. The van der Waals surface area contributed by atoms with E-state index in [0.29, 0.717) is 5.56 Å². The number of hydrogen-bond donors (Lipinski definition) is 2. The number of hydrogen-bond acceptors (Lipinski definition) is 3. The van der Waals surface area contributed by atoms with Crippen LogP contribution in [-0.4, -0.2) is 15.6 Å². The molecule has 1 aromatic carbocycles. The second-order valence-corrected chi connectivity index (χ2v) is 5.09. The summed E-state index contributed by atoms with van der Waals surface area (Å²) in [6.45, 7) is 0. The van der Waals surface area contributed by atoms with Crippen LogP contribution in [0, 0.1) is 0 Å². The summed E-state index contributed by atoms with van der Waals surface area (Å²) < 4.78 is 15.2. The summed E-state index contributed by atoms with van der Waals surface area (Å²) in [6, 6.07) is 4.52. The quantitative estimate of drug-likeness (QED) is 0.629. The number of fused-ring (bicyclic) bond motifs is 1. The summed E-state index contributed by atoms with van der Waals surface area (Å²) in [5, 5.41) is -0.456. The monoisotopic (exact) mass is 262 g/mol. The molecule has 0 heterocycles. The third-order valence-electron chi connectivity index (χ3n) is 2.26. The Hall–Kier alpha value is -0.870. The van der Waals surface area contributed by atoms with Crippen molar-refractivity contribution >= 4 is 25.2 Å². The zero-order chi connectivity index (χ0) is 11.9. The Kier molecular flexibility index (Phi) is 2.80. The maximum absolute atomic E-state index is 11.6. The average Bonchev–Trinajstić information content (AvgIpc) is 2.41. The Morgan fingerprint density at radius 3 is 2.75 bits per heavy atom. The topological polar surface area (TPSA) is 83.8 Å². The van der Waals surface area contributed by atoms with E-state index >= 15 is 0 Å². The van der Waals surface area contributed by atoms with Gasteiger partial charge in [-0.2, -0.15) is 0 Å². The minimum Gasteiger partial charge on any atom is -0.403 e. The van der Waals surface area contributed by atoms with E-state index < -0.39 is 13.2 Å². The maximum Gasteiger partial charge on any atom is 0.524 e. The minimum atomic E-state index is -4.66. The second-order valence-electron chi connectivity index (χ2n) is 3.40. The average molecular weight is 263 g/mol. The smallest absolute Gasteiger partial charge is 0.403 e. The van der Waals surface area contributed by atoms with Crippen LogP contribution in [0.4, 0.5) is 0 Å². The lowest BCUT2D eigenvalue weighted by Gasteiger charge is -2.10. The highest BCUT2D eigenvalue weighted by Gasteiger charge is 2.32. The predicted octanol–water partition coefficient (Wildman–Crippen LogP) is 2.02. The molecule has 0 aliphatic heterocycles. The van der Waals surface area contributed by atoms with Crippen LogP contribution < -0.4 is 4.52 Å². The van der Waals surface area contributed by atoms with Gasteiger partial charge in [0.1, 0.15) is 5.75 Å². The molecule has 2 N–H and O–H groups in total. The molecule has 0 radical (unpaired) electrons. The summed E-state index contributed by atoms with van der Waals surface area (Å²) in [6.07, 6.45) is 0.123. The van der Waals surface area contributed by atoms with E-state index in [1.54, 1.807) is 6.07 Å².